The maximum absolute atomic E-state index is 6.34. The van der Waals surface area contributed by atoms with E-state index in [2.05, 4.69) is 27.3 Å². The standard InChI is InChI=1S/C14H19BrClNO/c1-17-13(8-7-10-4-3-9-18-10)11-5-2-6-12(15)14(11)16/h2,5-6,10,13,17H,3-4,7-9H2,1H3. The van der Waals surface area contributed by atoms with Crippen molar-refractivity contribution in [2.75, 3.05) is 13.7 Å². The second kappa shape index (κ2) is 6.90. The van der Waals surface area contributed by atoms with Crippen LogP contribution in [0.4, 0.5) is 0 Å². The van der Waals surface area contributed by atoms with Crippen LogP contribution in [0.25, 0.3) is 0 Å². The van der Waals surface area contributed by atoms with E-state index in [4.69, 9.17) is 16.3 Å². The van der Waals surface area contributed by atoms with E-state index in [1.165, 1.54) is 12.8 Å². The number of halogens is 2. The minimum absolute atomic E-state index is 0.291. The molecule has 0 aromatic heterocycles. The van der Waals surface area contributed by atoms with Crippen LogP contribution in [0.3, 0.4) is 0 Å². The third-order valence-electron chi connectivity index (χ3n) is 3.51. The zero-order valence-electron chi connectivity index (χ0n) is 10.6. The van der Waals surface area contributed by atoms with Crippen molar-refractivity contribution in [1.29, 1.82) is 0 Å². The van der Waals surface area contributed by atoms with Crippen molar-refractivity contribution in [3.8, 4) is 0 Å². The first-order chi connectivity index (χ1) is 8.72. The molecule has 2 nitrogen and oxygen atoms in total. The van der Waals surface area contributed by atoms with Gasteiger partial charge in [0, 0.05) is 17.1 Å². The second-order valence-electron chi connectivity index (χ2n) is 4.70. The molecule has 1 saturated heterocycles. The smallest absolute Gasteiger partial charge is 0.0595 e. The first kappa shape index (κ1) is 14.3. The maximum Gasteiger partial charge on any atom is 0.0595 e. The molecule has 1 aliphatic rings. The van der Waals surface area contributed by atoms with Gasteiger partial charge in [0.1, 0.15) is 0 Å². The number of hydrogen-bond donors (Lipinski definition) is 1. The average molecular weight is 333 g/mol. The molecule has 0 radical (unpaired) electrons. The normalized spacial score (nSPS) is 21.2. The minimum atomic E-state index is 0.291. The molecule has 2 atom stereocenters. The fourth-order valence-corrected chi connectivity index (χ4v) is 3.11. The highest BCUT2D eigenvalue weighted by Gasteiger charge is 2.19. The molecule has 0 spiro atoms. The monoisotopic (exact) mass is 331 g/mol. The van der Waals surface area contributed by atoms with Gasteiger partial charge < -0.3 is 10.1 Å². The SMILES string of the molecule is CNC(CCC1CCCO1)c1cccc(Br)c1Cl. The molecule has 4 heteroatoms. The Morgan fingerprint density at radius 1 is 1.56 bits per heavy atom. The summed E-state index contributed by atoms with van der Waals surface area (Å²) in [4.78, 5) is 0. The molecule has 1 heterocycles. The van der Waals surface area contributed by atoms with Crippen LogP contribution in [-0.4, -0.2) is 19.8 Å². The average Bonchev–Trinajstić information content (AvgIpc) is 2.88. The lowest BCUT2D eigenvalue weighted by atomic mass is 9.99. The number of nitrogens with one attached hydrogen (secondary N) is 1. The van der Waals surface area contributed by atoms with Crippen LogP contribution in [0.2, 0.25) is 5.02 Å². The van der Waals surface area contributed by atoms with Crippen molar-refractivity contribution in [1.82, 2.24) is 5.32 Å². The highest BCUT2D eigenvalue weighted by atomic mass is 79.9. The van der Waals surface area contributed by atoms with Crippen LogP contribution in [-0.2, 0) is 4.74 Å². The molecular formula is C14H19BrClNO. The van der Waals surface area contributed by atoms with Crippen LogP contribution < -0.4 is 5.32 Å². The van der Waals surface area contributed by atoms with Gasteiger partial charge in [0.2, 0.25) is 0 Å². The Kier molecular flexibility index (Phi) is 5.49. The first-order valence-electron chi connectivity index (χ1n) is 6.45. The molecule has 1 aliphatic heterocycles. The lowest BCUT2D eigenvalue weighted by Gasteiger charge is -2.20. The van der Waals surface area contributed by atoms with Crippen molar-refractivity contribution in [3.05, 3.63) is 33.3 Å². The highest BCUT2D eigenvalue weighted by Crippen LogP contribution is 2.33. The molecule has 1 aromatic rings. The number of benzene rings is 1. The van der Waals surface area contributed by atoms with E-state index in [0.717, 1.165) is 34.5 Å². The molecule has 1 N–H and O–H groups in total. The van der Waals surface area contributed by atoms with E-state index in [1.807, 2.05) is 19.2 Å². The Morgan fingerprint density at radius 2 is 2.39 bits per heavy atom. The third-order valence-corrected chi connectivity index (χ3v) is 4.82. The van der Waals surface area contributed by atoms with Gasteiger partial charge in [0.25, 0.3) is 0 Å². The zero-order valence-corrected chi connectivity index (χ0v) is 12.9. The summed E-state index contributed by atoms with van der Waals surface area (Å²) >= 11 is 9.82. The Labute approximate surface area is 122 Å². The van der Waals surface area contributed by atoms with E-state index in [1.54, 1.807) is 0 Å². The van der Waals surface area contributed by atoms with Gasteiger partial charge in [-0.15, -0.1) is 0 Å². The van der Waals surface area contributed by atoms with Gasteiger partial charge in [0.05, 0.1) is 11.1 Å². The lowest BCUT2D eigenvalue weighted by Crippen LogP contribution is -2.19. The largest absolute Gasteiger partial charge is 0.378 e. The summed E-state index contributed by atoms with van der Waals surface area (Å²) in [7, 11) is 1.98. The number of ether oxygens (including phenoxy) is 1. The van der Waals surface area contributed by atoms with Gasteiger partial charge in [0.15, 0.2) is 0 Å². The van der Waals surface area contributed by atoms with E-state index in [0.29, 0.717) is 12.1 Å². The van der Waals surface area contributed by atoms with E-state index in [9.17, 15) is 0 Å². The third kappa shape index (κ3) is 3.47. The molecule has 0 amide bonds. The summed E-state index contributed by atoms with van der Waals surface area (Å²) in [5.74, 6) is 0. The molecule has 2 rings (SSSR count). The van der Waals surface area contributed by atoms with Gasteiger partial charge >= 0.3 is 0 Å². The molecule has 100 valence electrons. The number of hydrogen-bond acceptors (Lipinski definition) is 2. The summed E-state index contributed by atoms with van der Waals surface area (Å²) in [6, 6.07) is 6.38. The summed E-state index contributed by atoms with van der Waals surface area (Å²) in [6.45, 7) is 0.923. The van der Waals surface area contributed by atoms with Crippen LogP contribution in [0.15, 0.2) is 22.7 Å². The Balaban J connectivity index is 2.00. The van der Waals surface area contributed by atoms with Crippen molar-refractivity contribution in [3.63, 3.8) is 0 Å². The zero-order chi connectivity index (χ0) is 13.0. The van der Waals surface area contributed by atoms with Gasteiger partial charge in [-0.1, -0.05) is 23.7 Å². The van der Waals surface area contributed by atoms with Crippen LogP contribution in [0.5, 0.6) is 0 Å². The van der Waals surface area contributed by atoms with Crippen molar-refractivity contribution >= 4 is 27.5 Å². The predicted molar refractivity (Wildman–Crippen MR) is 79.2 cm³/mol. The predicted octanol–water partition coefficient (Wildman–Crippen LogP) is 4.32. The molecule has 0 saturated carbocycles. The van der Waals surface area contributed by atoms with Gasteiger partial charge in [-0.3, -0.25) is 0 Å². The maximum atomic E-state index is 6.34. The summed E-state index contributed by atoms with van der Waals surface area (Å²) in [5.41, 5.74) is 1.16. The quantitative estimate of drug-likeness (QED) is 0.867. The topological polar surface area (TPSA) is 21.3 Å². The second-order valence-corrected chi connectivity index (χ2v) is 5.93. The van der Waals surface area contributed by atoms with Gasteiger partial charge in [-0.05, 0) is 60.3 Å². The Hall–Kier alpha value is -0.0900. The van der Waals surface area contributed by atoms with Crippen LogP contribution in [0, 0.1) is 0 Å². The summed E-state index contributed by atoms with van der Waals surface area (Å²) in [6.07, 6.45) is 4.98. The molecular weight excluding hydrogens is 314 g/mol. The molecule has 18 heavy (non-hydrogen) atoms. The molecule has 0 aliphatic carbocycles. The van der Waals surface area contributed by atoms with Crippen molar-refractivity contribution in [2.45, 2.75) is 37.8 Å². The molecule has 1 fully saturated rings. The summed E-state index contributed by atoms with van der Waals surface area (Å²) < 4.78 is 6.63. The molecule has 1 aromatic carbocycles. The Bertz CT molecular complexity index is 393. The summed E-state index contributed by atoms with van der Waals surface area (Å²) in [5, 5.41) is 4.16. The van der Waals surface area contributed by atoms with Gasteiger partial charge in [-0.2, -0.15) is 0 Å². The van der Waals surface area contributed by atoms with Crippen LogP contribution >= 0.6 is 27.5 Å². The first-order valence-corrected chi connectivity index (χ1v) is 7.62. The van der Waals surface area contributed by atoms with E-state index >= 15 is 0 Å². The minimum Gasteiger partial charge on any atom is -0.378 e. The highest BCUT2D eigenvalue weighted by molar-refractivity contribution is 9.10. The fourth-order valence-electron chi connectivity index (χ4n) is 2.47. The van der Waals surface area contributed by atoms with Crippen molar-refractivity contribution < 1.29 is 4.74 Å². The Morgan fingerprint density at radius 3 is 3.06 bits per heavy atom. The van der Waals surface area contributed by atoms with E-state index in [-0.39, 0.29) is 0 Å². The fraction of sp³-hybridized carbons (Fsp3) is 0.571. The number of rotatable bonds is 5. The van der Waals surface area contributed by atoms with Crippen LogP contribution in [0.1, 0.15) is 37.3 Å². The van der Waals surface area contributed by atoms with Crippen molar-refractivity contribution in [2.24, 2.45) is 0 Å². The molecule has 0 bridgehead atoms. The lowest BCUT2D eigenvalue weighted by molar-refractivity contribution is 0.0998. The van der Waals surface area contributed by atoms with E-state index < -0.39 is 0 Å². The van der Waals surface area contributed by atoms with Gasteiger partial charge in [-0.25, -0.2) is 0 Å². The molecule has 2 unspecified atom stereocenters.